The van der Waals surface area contributed by atoms with Crippen LogP contribution in [0, 0.1) is 6.92 Å². The van der Waals surface area contributed by atoms with Crippen LogP contribution in [0.3, 0.4) is 0 Å². The number of hydrogen-bond donors (Lipinski definition) is 0. The summed E-state index contributed by atoms with van der Waals surface area (Å²) in [6, 6.07) is 4.26. The normalized spacial score (nSPS) is 10.8. The zero-order valence-corrected chi connectivity index (χ0v) is 10.5. The second-order valence-corrected chi connectivity index (χ2v) is 4.66. The van der Waals surface area contributed by atoms with Crippen molar-refractivity contribution in [3.63, 3.8) is 0 Å². The molecule has 0 aliphatic rings. The van der Waals surface area contributed by atoms with Gasteiger partial charge in [-0.2, -0.15) is 0 Å². The molecule has 0 saturated heterocycles. The van der Waals surface area contributed by atoms with Crippen LogP contribution in [-0.2, 0) is 5.33 Å². The van der Waals surface area contributed by atoms with Crippen molar-refractivity contribution in [3.8, 4) is 5.75 Å². The van der Waals surface area contributed by atoms with Crippen molar-refractivity contribution in [2.45, 2.75) is 12.3 Å². The summed E-state index contributed by atoms with van der Waals surface area (Å²) in [5, 5.41) is 4.32. The Balaban J connectivity index is 2.81. The van der Waals surface area contributed by atoms with E-state index in [9.17, 15) is 0 Å². The molecule has 0 saturated carbocycles. The second kappa shape index (κ2) is 3.91. The lowest BCUT2D eigenvalue weighted by Gasteiger charge is -2.07. The van der Waals surface area contributed by atoms with Gasteiger partial charge in [0.1, 0.15) is 5.75 Å². The lowest BCUT2D eigenvalue weighted by atomic mass is 10.1. The molecule has 0 radical (unpaired) electrons. The van der Waals surface area contributed by atoms with Crippen molar-refractivity contribution in [2.75, 3.05) is 7.11 Å². The molecule has 0 aliphatic heterocycles. The van der Waals surface area contributed by atoms with Gasteiger partial charge in [0.15, 0.2) is 0 Å². The highest BCUT2D eigenvalue weighted by Crippen LogP contribution is 2.36. The summed E-state index contributed by atoms with van der Waals surface area (Å²) in [4.78, 5) is 0. The van der Waals surface area contributed by atoms with Crippen LogP contribution in [0.2, 0.25) is 0 Å². The van der Waals surface area contributed by atoms with Gasteiger partial charge in [-0.05, 0) is 29.5 Å². The van der Waals surface area contributed by atoms with E-state index >= 15 is 0 Å². The van der Waals surface area contributed by atoms with Crippen LogP contribution in [-0.4, -0.2) is 7.11 Å². The molecule has 14 heavy (non-hydrogen) atoms. The number of aryl methyl sites for hydroxylation is 1. The number of fused-ring (bicyclic) bond motifs is 1. The van der Waals surface area contributed by atoms with Crippen LogP contribution in [0.5, 0.6) is 5.75 Å². The fourth-order valence-electron chi connectivity index (χ4n) is 1.63. The van der Waals surface area contributed by atoms with Crippen LogP contribution < -0.4 is 4.74 Å². The Hall–Kier alpha value is -0.540. The first-order valence-corrected chi connectivity index (χ1v) is 6.37. The highest BCUT2D eigenvalue weighted by atomic mass is 79.9. The fourth-order valence-corrected chi connectivity index (χ4v) is 3.24. The monoisotopic (exact) mass is 270 g/mol. The minimum atomic E-state index is 0.882. The van der Waals surface area contributed by atoms with Gasteiger partial charge in [0.25, 0.3) is 0 Å². The van der Waals surface area contributed by atoms with Gasteiger partial charge in [0, 0.05) is 15.4 Å². The number of rotatable bonds is 2. The molecule has 0 fully saturated rings. The molecule has 1 aromatic carbocycles. The van der Waals surface area contributed by atoms with Gasteiger partial charge in [0.05, 0.1) is 7.11 Å². The molecule has 0 unspecified atom stereocenters. The molecule has 0 amide bonds. The van der Waals surface area contributed by atoms with Crippen molar-refractivity contribution >= 4 is 37.4 Å². The van der Waals surface area contributed by atoms with Crippen LogP contribution in [0.25, 0.3) is 10.1 Å². The maximum Gasteiger partial charge on any atom is 0.130 e. The third-order valence-electron chi connectivity index (χ3n) is 2.31. The number of thiophene rings is 1. The number of ether oxygens (including phenoxy) is 1. The summed E-state index contributed by atoms with van der Waals surface area (Å²) >= 11 is 5.26. The van der Waals surface area contributed by atoms with E-state index in [0.29, 0.717) is 0 Å². The first-order valence-electron chi connectivity index (χ1n) is 4.37. The van der Waals surface area contributed by atoms with Gasteiger partial charge in [-0.3, -0.25) is 0 Å². The number of methoxy groups -OCH3 is 1. The smallest absolute Gasteiger partial charge is 0.130 e. The molecule has 1 aromatic heterocycles. The van der Waals surface area contributed by atoms with Gasteiger partial charge in [-0.15, -0.1) is 11.3 Å². The number of alkyl halides is 1. The third-order valence-corrected chi connectivity index (χ3v) is 3.91. The van der Waals surface area contributed by atoms with Crippen LogP contribution in [0.15, 0.2) is 17.5 Å². The molecular formula is C11H11BrOS. The third kappa shape index (κ3) is 1.44. The number of hydrogen-bond acceptors (Lipinski definition) is 2. The predicted octanol–water partition coefficient (Wildman–Crippen LogP) is 4.11. The number of benzene rings is 1. The van der Waals surface area contributed by atoms with E-state index in [0.717, 1.165) is 11.1 Å². The van der Waals surface area contributed by atoms with Crippen LogP contribution >= 0.6 is 27.3 Å². The maximum absolute atomic E-state index is 5.44. The molecule has 74 valence electrons. The molecular weight excluding hydrogens is 260 g/mol. The van der Waals surface area contributed by atoms with E-state index in [4.69, 9.17) is 4.74 Å². The summed E-state index contributed by atoms with van der Waals surface area (Å²) in [6.45, 7) is 2.08. The van der Waals surface area contributed by atoms with E-state index in [2.05, 4.69) is 40.4 Å². The Morgan fingerprint density at radius 2 is 2.21 bits per heavy atom. The first kappa shape index (κ1) is 9.99. The van der Waals surface area contributed by atoms with Crippen molar-refractivity contribution in [1.82, 2.24) is 0 Å². The molecule has 3 heteroatoms. The summed E-state index contributed by atoms with van der Waals surface area (Å²) in [5.41, 5.74) is 2.51. The molecule has 0 atom stereocenters. The second-order valence-electron chi connectivity index (χ2n) is 3.18. The molecule has 0 aliphatic carbocycles. The van der Waals surface area contributed by atoms with Crippen LogP contribution in [0.4, 0.5) is 0 Å². The summed E-state index contributed by atoms with van der Waals surface area (Å²) in [7, 11) is 1.73. The topological polar surface area (TPSA) is 9.23 Å². The van der Waals surface area contributed by atoms with Crippen molar-refractivity contribution in [2.24, 2.45) is 0 Å². The summed E-state index contributed by atoms with van der Waals surface area (Å²) in [6.07, 6.45) is 0. The molecule has 0 spiro atoms. The predicted molar refractivity (Wildman–Crippen MR) is 65.7 cm³/mol. The Labute approximate surface area is 95.8 Å². The SMILES string of the molecule is COc1c(C)ccc2scc(CBr)c12. The molecule has 1 nitrogen and oxygen atoms in total. The summed E-state index contributed by atoms with van der Waals surface area (Å²) < 4.78 is 6.74. The van der Waals surface area contributed by atoms with Gasteiger partial charge in [-0.1, -0.05) is 22.0 Å². The van der Waals surface area contributed by atoms with E-state index in [1.165, 1.54) is 21.2 Å². The molecule has 2 aromatic rings. The Morgan fingerprint density at radius 3 is 2.86 bits per heavy atom. The van der Waals surface area contributed by atoms with Crippen molar-refractivity contribution in [3.05, 3.63) is 28.6 Å². The zero-order valence-electron chi connectivity index (χ0n) is 8.13. The molecule has 1 heterocycles. The zero-order chi connectivity index (χ0) is 10.1. The average molecular weight is 271 g/mol. The Kier molecular flexibility index (Phi) is 2.79. The highest BCUT2D eigenvalue weighted by molar-refractivity contribution is 9.08. The van der Waals surface area contributed by atoms with E-state index in [1.807, 2.05) is 0 Å². The summed E-state index contributed by atoms with van der Waals surface area (Å²) in [5.74, 6) is 1.01. The fraction of sp³-hybridized carbons (Fsp3) is 0.273. The molecule has 0 N–H and O–H groups in total. The van der Waals surface area contributed by atoms with E-state index in [-0.39, 0.29) is 0 Å². The quantitative estimate of drug-likeness (QED) is 0.747. The van der Waals surface area contributed by atoms with E-state index < -0.39 is 0 Å². The van der Waals surface area contributed by atoms with Gasteiger partial charge in [0.2, 0.25) is 0 Å². The van der Waals surface area contributed by atoms with E-state index in [1.54, 1.807) is 18.4 Å². The minimum absolute atomic E-state index is 0.882. The molecule has 2 rings (SSSR count). The largest absolute Gasteiger partial charge is 0.496 e. The standard InChI is InChI=1S/C11H11BrOS/c1-7-3-4-9-10(11(7)13-2)8(5-12)6-14-9/h3-4,6H,5H2,1-2H3. The maximum atomic E-state index is 5.44. The highest BCUT2D eigenvalue weighted by Gasteiger charge is 2.10. The van der Waals surface area contributed by atoms with Crippen LogP contribution in [0.1, 0.15) is 11.1 Å². The Bertz CT molecular complexity index is 462. The van der Waals surface area contributed by atoms with Crippen molar-refractivity contribution < 1.29 is 4.74 Å². The first-order chi connectivity index (χ1) is 6.77. The minimum Gasteiger partial charge on any atom is -0.496 e. The lowest BCUT2D eigenvalue weighted by molar-refractivity contribution is 0.416. The Morgan fingerprint density at radius 1 is 1.43 bits per heavy atom. The van der Waals surface area contributed by atoms with Gasteiger partial charge >= 0.3 is 0 Å². The number of halogens is 1. The average Bonchev–Trinajstić information content (AvgIpc) is 2.61. The van der Waals surface area contributed by atoms with Gasteiger partial charge in [-0.25, -0.2) is 0 Å². The van der Waals surface area contributed by atoms with Gasteiger partial charge < -0.3 is 4.74 Å². The molecule has 0 bridgehead atoms. The van der Waals surface area contributed by atoms with Crippen molar-refractivity contribution in [1.29, 1.82) is 0 Å². The lowest BCUT2D eigenvalue weighted by Crippen LogP contribution is -1.88.